The fraction of sp³-hybridized carbons (Fsp3) is 0.435. The van der Waals surface area contributed by atoms with Gasteiger partial charge in [-0.15, -0.1) is 24.0 Å². The normalized spacial score (nSPS) is 14.6. The summed E-state index contributed by atoms with van der Waals surface area (Å²) in [6, 6.07) is 14.0. The van der Waals surface area contributed by atoms with E-state index in [9.17, 15) is 0 Å². The molecule has 2 aromatic rings. The zero-order chi connectivity index (χ0) is 21.3. The first-order valence-electron chi connectivity index (χ1n) is 10.2. The molecule has 31 heavy (non-hydrogen) atoms. The van der Waals surface area contributed by atoms with E-state index in [1.54, 1.807) is 21.3 Å². The van der Waals surface area contributed by atoms with Crippen molar-refractivity contribution in [3.05, 3.63) is 53.6 Å². The summed E-state index contributed by atoms with van der Waals surface area (Å²) >= 11 is 0. The Morgan fingerprint density at radius 2 is 1.65 bits per heavy atom. The van der Waals surface area contributed by atoms with Gasteiger partial charge in [-0.25, -0.2) is 0 Å². The van der Waals surface area contributed by atoms with Crippen LogP contribution in [0.3, 0.4) is 0 Å². The number of hydrogen-bond donors (Lipinski definition) is 1. The minimum atomic E-state index is 0. The molecule has 0 radical (unpaired) electrons. The third-order valence-corrected chi connectivity index (χ3v) is 5.35. The Morgan fingerprint density at radius 3 is 2.29 bits per heavy atom. The van der Waals surface area contributed by atoms with Crippen LogP contribution < -0.4 is 19.5 Å². The van der Waals surface area contributed by atoms with Crippen LogP contribution in [0.2, 0.25) is 0 Å². The van der Waals surface area contributed by atoms with Gasteiger partial charge in [-0.2, -0.15) is 0 Å². The van der Waals surface area contributed by atoms with Gasteiger partial charge in [-0.3, -0.25) is 9.89 Å². The Bertz CT molecular complexity index is 854. The maximum absolute atomic E-state index is 5.52. The summed E-state index contributed by atoms with van der Waals surface area (Å²) in [5.74, 6) is 3.54. The van der Waals surface area contributed by atoms with Crippen molar-refractivity contribution in [1.29, 1.82) is 0 Å². The quantitative estimate of drug-likeness (QED) is 0.331. The van der Waals surface area contributed by atoms with Crippen molar-refractivity contribution in [2.24, 2.45) is 4.99 Å². The summed E-state index contributed by atoms with van der Waals surface area (Å²) in [5, 5.41) is 3.47. The van der Waals surface area contributed by atoms with E-state index in [0.717, 1.165) is 61.5 Å². The predicted molar refractivity (Wildman–Crippen MR) is 135 cm³/mol. The van der Waals surface area contributed by atoms with Gasteiger partial charge in [-0.05, 0) is 35.9 Å². The molecule has 3 rings (SSSR count). The van der Waals surface area contributed by atoms with E-state index in [1.807, 2.05) is 37.4 Å². The van der Waals surface area contributed by atoms with Crippen molar-refractivity contribution in [2.75, 3.05) is 54.6 Å². The van der Waals surface area contributed by atoms with Crippen molar-refractivity contribution >= 4 is 29.9 Å². The average Bonchev–Trinajstić information content (AvgIpc) is 2.80. The van der Waals surface area contributed by atoms with Gasteiger partial charge in [0.15, 0.2) is 5.96 Å². The molecule has 1 heterocycles. The molecule has 7 nitrogen and oxygen atoms in total. The van der Waals surface area contributed by atoms with E-state index in [-0.39, 0.29) is 24.0 Å². The van der Waals surface area contributed by atoms with Gasteiger partial charge >= 0.3 is 0 Å². The number of benzene rings is 2. The molecule has 0 saturated carbocycles. The predicted octanol–water partition coefficient (Wildman–Crippen LogP) is 3.22. The number of aliphatic imine (C=N–C) groups is 1. The Morgan fingerprint density at radius 1 is 0.935 bits per heavy atom. The Labute approximate surface area is 202 Å². The number of hydrogen-bond acceptors (Lipinski definition) is 5. The minimum absolute atomic E-state index is 0. The van der Waals surface area contributed by atoms with E-state index < -0.39 is 0 Å². The van der Waals surface area contributed by atoms with E-state index in [0.29, 0.717) is 6.54 Å². The molecular formula is C23H33IN4O3. The summed E-state index contributed by atoms with van der Waals surface area (Å²) in [6.07, 6.45) is 0. The highest BCUT2D eigenvalue weighted by molar-refractivity contribution is 14.0. The Hall–Kier alpha value is -2.20. The monoisotopic (exact) mass is 540 g/mol. The zero-order valence-electron chi connectivity index (χ0n) is 18.8. The van der Waals surface area contributed by atoms with E-state index in [1.165, 1.54) is 5.56 Å². The van der Waals surface area contributed by atoms with Gasteiger partial charge in [0.2, 0.25) is 0 Å². The van der Waals surface area contributed by atoms with Crippen LogP contribution in [0.15, 0.2) is 47.5 Å². The number of nitrogens with zero attached hydrogens (tertiary/aromatic N) is 3. The molecule has 0 bridgehead atoms. The highest BCUT2D eigenvalue weighted by Crippen LogP contribution is 2.25. The van der Waals surface area contributed by atoms with Crippen LogP contribution in [0.25, 0.3) is 0 Å². The molecule has 0 unspecified atom stereocenters. The largest absolute Gasteiger partial charge is 0.497 e. The third-order valence-electron chi connectivity index (χ3n) is 5.35. The number of piperazine rings is 1. The molecule has 1 fully saturated rings. The molecule has 1 aliphatic heterocycles. The smallest absolute Gasteiger partial charge is 0.194 e. The lowest BCUT2D eigenvalue weighted by atomic mass is 10.1. The lowest BCUT2D eigenvalue weighted by molar-refractivity contribution is 0.171. The molecule has 1 N–H and O–H groups in total. The first-order chi connectivity index (χ1) is 14.7. The molecule has 0 aromatic heterocycles. The minimum Gasteiger partial charge on any atom is -0.497 e. The van der Waals surface area contributed by atoms with Crippen LogP contribution in [0, 0.1) is 0 Å². The second-order valence-electron chi connectivity index (χ2n) is 7.19. The first kappa shape index (κ1) is 25.1. The maximum atomic E-state index is 5.52. The van der Waals surface area contributed by atoms with Crippen LogP contribution in [0.4, 0.5) is 0 Å². The second-order valence-corrected chi connectivity index (χ2v) is 7.19. The molecule has 0 aliphatic carbocycles. The number of ether oxygens (including phenoxy) is 3. The summed E-state index contributed by atoms with van der Waals surface area (Å²) in [4.78, 5) is 9.21. The van der Waals surface area contributed by atoms with Gasteiger partial charge in [0.05, 0.1) is 21.3 Å². The molecular weight excluding hydrogens is 507 g/mol. The SMILES string of the molecule is CN=C(NCc1cccc(OC)c1)N1CCN(Cc2cc(OC)ccc2OC)CC1.I. The topological polar surface area (TPSA) is 58.6 Å². The van der Waals surface area contributed by atoms with Crippen LogP contribution in [0.5, 0.6) is 17.2 Å². The number of guanidine groups is 1. The lowest BCUT2D eigenvalue weighted by Gasteiger charge is -2.36. The van der Waals surface area contributed by atoms with Crippen molar-refractivity contribution in [2.45, 2.75) is 13.1 Å². The number of methoxy groups -OCH3 is 3. The fourth-order valence-electron chi connectivity index (χ4n) is 3.66. The summed E-state index contributed by atoms with van der Waals surface area (Å²) < 4.78 is 16.2. The van der Waals surface area contributed by atoms with Crippen LogP contribution in [-0.4, -0.2) is 70.3 Å². The second kappa shape index (κ2) is 12.6. The molecule has 1 saturated heterocycles. The maximum Gasteiger partial charge on any atom is 0.194 e. The van der Waals surface area contributed by atoms with Crippen LogP contribution in [-0.2, 0) is 13.1 Å². The molecule has 2 aromatic carbocycles. The zero-order valence-corrected chi connectivity index (χ0v) is 21.1. The Kier molecular flexibility index (Phi) is 10.2. The average molecular weight is 540 g/mol. The van der Waals surface area contributed by atoms with Crippen molar-refractivity contribution in [3.8, 4) is 17.2 Å². The molecule has 170 valence electrons. The van der Waals surface area contributed by atoms with Gasteiger partial charge < -0.3 is 24.4 Å². The van der Waals surface area contributed by atoms with Gasteiger partial charge in [0.1, 0.15) is 17.2 Å². The van der Waals surface area contributed by atoms with Crippen LogP contribution >= 0.6 is 24.0 Å². The molecule has 0 atom stereocenters. The van der Waals surface area contributed by atoms with E-state index in [2.05, 4.69) is 32.2 Å². The van der Waals surface area contributed by atoms with E-state index in [4.69, 9.17) is 14.2 Å². The standard InChI is InChI=1S/C23H32N4O3.HI/c1-24-23(25-16-18-6-5-7-20(14-18)28-2)27-12-10-26(11-13-27)17-19-15-21(29-3)8-9-22(19)30-4;/h5-9,14-15H,10-13,16-17H2,1-4H3,(H,24,25);1H. The van der Waals surface area contributed by atoms with Gasteiger partial charge in [0.25, 0.3) is 0 Å². The molecule has 8 heteroatoms. The van der Waals surface area contributed by atoms with Crippen molar-refractivity contribution in [3.63, 3.8) is 0 Å². The molecule has 1 aliphatic rings. The first-order valence-corrected chi connectivity index (χ1v) is 10.2. The van der Waals surface area contributed by atoms with Crippen LogP contribution in [0.1, 0.15) is 11.1 Å². The summed E-state index contributed by atoms with van der Waals surface area (Å²) in [7, 11) is 6.92. The highest BCUT2D eigenvalue weighted by atomic mass is 127. The lowest BCUT2D eigenvalue weighted by Crippen LogP contribution is -2.52. The molecule has 0 amide bonds. The van der Waals surface area contributed by atoms with E-state index >= 15 is 0 Å². The number of halogens is 1. The molecule has 0 spiro atoms. The van der Waals surface area contributed by atoms with Gasteiger partial charge in [-0.1, -0.05) is 12.1 Å². The van der Waals surface area contributed by atoms with Gasteiger partial charge in [0, 0.05) is 51.9 Å². The number of rotatable bonds is 7. The summed E-state index contributed by atoms with van der Waals surface area (Å²) in [5.41, 5.74) is 2.31. The van der Waals surface area contributed by atoms with Crippen molar-refractivity contribution in [1.82, 2.24) is 15.1 Å². The number of nitrogens with one attached hydrogen (secondary N) is 1. The Balaban J connectivity index is 0.00000341. The van der Waals surface area contributed by atoms with Crippen molar-refractivity contribution < 1.29 is 14.2 Å². The fourth-order valence-corrected chi connectivity index (χ4v) is 3.66. The highest BCUT2D eigenvalue weighted by Gasteiger charge is 2.20. The summed E-state index contributed by atoms with van der Waals surface area (Å²) in [6.45, 7) is 5.31. The third kappa shape index (κ3) is 6.90.